The monoisotopic (exact) mass is 446 g/mol. The third kappa shape index (κ3) is 3.79. The van der Waals surface area contributed by atoms with Crippen LogP contribution < -0.4 is 10.6 Å². The minimum Gasteiger partial charge on any atom is -0.334 e. The van der Waals surface area contributed by atoms with E-state index in [1.54, 1.807) is 11.3 Å². The molecule has 1 aliphatic heterocycles. The summed E-state index contributed by atoms with van der Waals surface area (Å²) in [4.78, 5) is 20.1. The Balaban J connectivity index is 0.00000218. The van der Waals surface area contributed by atoms with Crippen LogP contribution in [0.3, 0.4) is 0 Å². The molecule has 7 nitrogen and oxygen atoms in total. The third-order valence-electron chi connectivity index (χ3n) is 5.85. The van der Waals surface area contributed by atoms with Crippen LogP contribution in [0.25, 0.3) is 10.1 Å². The van der Waals surface area contributed by atoms with Gasteiger partial charge in [0.15, 0.2) is 5.82 Å². The van der Waals surface area contributed by atoms with Crippen molar-refractivity contribution in [3.63, 3.8) is 0 Å². The van der Waals surface area contributed by atoms with Crippen LogP contribution >= 0.6 is 23.7 Å². The van der Waals surface area contributed by atoms with Crippen molar-refractivity contribution in [1.29, 1.82) is 0 Å². The Labute approximate surface area is 186 Å². The number of thiophene rings is 1. The SMILES string of the molecule is Cc1c(C(=O)N2CCN[C@H](C)C2)nc(Nc2cc(C3CC3)[nH]n2)c2c(C)csc12.Cl. The molecule has 0 unspecified atom stereocenters. The second-order valence-electron chi connectivity index (χ2n) is 8.27. The lowest BCUT2D eigenvalue weighted by molar-refractivity contribution is 0.0702. The van der Waals surface area contributed by atoms with Crippen LogP contribution in [0, 0.1) is 13.8 Å². The van der Waals surface area contributed by atoms with Crippen molar-refractivity contribution in [1.82, 2.24) is 25.4 Å². The number of H-pyrrole nitrogens is 1. The zero-order chi connectivity index (χ0) is 20.1. The fraction of sp³-hybridized carbons (Fsp3) is 0.476. The van der Waals surface area contributed by atoms with E-state index in [9.17, 15) is 4.79 Å². The van der Waals surface area contributed by atoms with Gasteiger partial charge in [-0.2, -0.15) is 5.10 Å². The highest BCUT2D eigenvalue weighted by Crippen LogP contribution is 2.40. The number of fused-ring (bicyclic) bond motifs is 1. The number of carbonyl (C=O) groups excluding carboxylic acids is 1. The summed E-state index contributed by atoms with van der Waals surface area (Å²) in [6, 6.07) is 2.36. The molecule has 1 saturated carbocycles. The van der Waals surface area contributed by atoms with Crippen LogP contribution in [0.5, 0.6) is 0 Å². The molecule has 30 heavy (non-hydrogen) atoms. The summed E-state index contributed by atoms with van der Waals surface area (Å²) in [7, 11) is 0. The maximum absolute atomic E-state index is 13.3. The standard InChI is InChI=1S/C21H26N6OS.ClH/c1-11-10-29-19-13(3)18(21(28)27-7-6-22-12(2)9-27)24-20(17(11)19)23-16-8-15(25-26-16)14-4-5-14;/h8,10,12,14,22H,4-7,9H2,1-3H3,(H2,23,24,25,26);1H/t12-;/m1./s1. The van der Waals surface area contributed by atoms with Gasteiger partial charge in [0.1, 0.15) is 11.5 Å². The molecule has 1 atom stereocenters. The average molecular weight is 447 g/mol. The van der Waals surface area contributed by atoms with Crippen molar-refractivity contribution in [3.8, 4) is 0 Å². The summed E-state index contributed by atoms with van der Waals surface area (Å²) in [5.41, 5.74) is 3.83. The molecule has 1 saturated heterocycles. The molecule has 2 fully saturated rings. The lowest BCUT2D eigenvalue weighted by Crippen LogP contribution is -2.51. The molecule has 3 aromatic rings. The Kier molecular flexibility index (Phi) is 5.74. The average Bonchev–Trinajstić information content (AvgIpc) is 3.33. The Morgan fingerprint density at radius 1 is 1.33 bits per heavy atom. The van der Waals surface area contributed by atoms with E-state index in [-0.39, 0.29) is 18.3 Å². The number of aromatic nitrogens is 3. The summed E-state index contributed by atoms with van der Waals surface area (Å²) in [5, 5.41) is 17.5. The van der Waals surface area contributed by atoms with Gasteiger partial charge in [-0.25, -0.2) is 4.98 Å². The van der Waals surface area contributed by atoms with E-state index < -0.39 is 0 Å². The van der Waals surface area contributed by atoms with Crippen LogP contribution in [-0.2, 0) is 0 Å². The number of rotatable bonds is 4. The minimum atomic E-state index is 0. The number of amides is 1. The molecule has 2 aliphatic rings. The first-order valence-electron chi connectivity index (χ1n) is 10.2. The topological polar surface area (TPSA) is 85.9 Å². The number of piperazine rings is 1. The smallest absolute Gasteiger partial charge is 0.272 e. The predicted octanol–water partition coefficient (Wildman–Crippen LogP) is 4.11. The quantitative estimate of drug-likeness (QED) is 0.561. The normalized spacial score (nSPS) is 19.0. The number of carbonyl (C=O) groups is 1. The van der Waals surface area contributed by atoms with E-state index in [2.05, 4.69) is 46.1 Å². The largest absolute Gasteiger partial charge is 0.334 e. The summed E-state index contributed by atoms with van der Waals surface area (Å²) >= 11 is 1.67. The molecule has 0 radical (unpaired) electrons. The van der Waals surface area contributed by atoms with Crippen molar-refractivity contribution < 1.29 is 4.79 Å². The van der Waals surface area contributed by atoms with E-state index in [4.69, 9.17) is 4.98 Å². The first-order chi connectivity index (χ1) is 14.0. The van der Waals surface area contributed by atoms with Gasteiger partial charge in [0.25, 0.3) is 5.91 Å². The van der Waals surface area contributed by atoms with Crippen LogP contribution in [0.4, 0.5) is 11.6 Å². The first kappa shape index (κ1) is 21.1. The molecule has 0 spiro atoms. The first-order valence-corrected chi connectivity index (χ1v) is 11.1. The zero-order valence-electron chi connectivity index (χ0n) is 17.4. The molecule has 3 aromatic heterocycles. The van der Waals surface area contributed by atoms with E-state index in [1.807, 2.05) is 11.8 Å². The summed E-state index contributed by atoms with van der Waals surface area (Å²) in [6.45, 7) is 8.42. The fourth-order valence-electron chi connectivity index (χ4n) is 4.06. The number of nitrogens with zero attached hydrogens (tertiary/aromatic N) is 3. The molecule has 0 bridgehead atoms. The van der Waals surface area contributed by atoms with Gasteiger partial charge >= 0.3 is 0 Å². The number of hydrogen-bond acceptors (Lipinski definition) is 6. The summed E-state index contributed by atoms with van der Waals surface area (Å²) < 4.78 is 1.12. The Hall–Kier alpha value is -2.16. The molecule has 1 aliphatic carbocycles. The van der Waals surface area contributed by atoms with Gasteiger partial charge in [0, 0.05) is 53.4 Å². The number of anilines is 2. The molecule has 1 amide bonds. The van der Waals surface area contributed by atoms with Gasteiger partial charge in [-0.15, -0.1) is 23.7 Å². The van der Waals surface area contributed by atoms with Crippen LogP contribution in [0.1, 0.15) is 53.0 Å². The molecule has 5 rings (SSSR count). The number of aryl methyl sites for hydroxylation is 2. The van der Waals surface area contributed by atoms with Gasteiger partial charge in [0.05, 0.1) is 0 Å². The van der Waals surface area contributed by atoms with Crippen LogP contribution in [0.15, 0.2) is 11.4 Å². The number of halogens is 1. The lowest BCUT2D eigenvalue weighted by atomic mass is 10.1. The van der Waals surface area contributed by atoms with Gasteiger partial charge in [-0.05, 0) is 50.1 Å². The predicted molar refractivity (Wildman–Crippen MR) is 124 cm³/mol. The van der Waals surface area contributed by atoms with Gasteiger partial charge in [0.2, 0.25) is 0 Å². The summed E-state index contributed by atoms with van der Waals surface area (Å²) in [6.07, 6.45) is 2.44. The van der Waals surface area contributed by atoms with Crippen LogP contribution in [-0.4, -0.2) is 51.7 Å². The number of nitrogens with one attached hydrogen (secondary N) is 3. The number of pyridine rings is 1. The molecule has 3 N–H and O–H groups in total. The maximum atomic E-state index is 13.3. The molecule has 4 heterocycles. The Morgan fingerprint density at radius 3 is 2.87 bits per heavy atom. The highest BCUT2D eigenvalue weighted by molar-refractivity contribution is 7.17. The molecular weight excluding hydrogens is 420 g/mol. The molecule has 160 valence electrons. The lowest BCUT2D eigenvalue weighted by Gasteiger charge is -2.32. The van der Waals surface area contributed by atoms with E-state index in [1.165, 1.54) is 18.5 Å². The van der Waals surface area contributed by atoms with Gasteiger partial charge < -0.3 is 15.5 Å². The highest BCUT2D eigenvalue weighted by Gasteiger charge is 2.28. The molecule has 0 aromatic carbocycles. The van der Waals surface area contributed by atoms with E-state index in [0.29, 0.717) is 36.6 Å². The number of hydrogen-bond donors (Lipinski definition) is 3. The van der Waals surface area contributed by atoms with Crippen molar-refractivity contribution in [2.75, 3.05) is 25.0 Å². The zero-order valence-corrected chi connectivity index (χ0v) is 19.0. The van der Waals surface area contributed by atoms with Crippen molar-refractivity contribution in [3.05, 3.63) is 34.0 Å². The van der Waals surface area contributed by atoms with Crippen molar-refractivity contribution in [2.45, 2.75) is 45.6 Å². The second kappa shape index (κ2) is 8.17. The highest BCUT2D eigenvalue weighted by atomic mass is 35.5. The molecular formula is C21H27ClN6OS. The van der Waals surface area contributed by atoms with Gasteiger partial charge in [-0.3, -0.25) is 9.89 Å². The Bertz CT molecular complexity index is 1090. The second-order valence-corrected chi connectivity index (χ2v) is 9.15. The third-order valence-corrected chi connectivity index (χ3v) is 7.07. The molecule has 9 heteroatoms. The fourth-order valence-corrected chi connectivity index (χ4v) is 5.13. The summed E-state index contributed by atoms with van der Waals surface area (Å²) in [5.74, 6) is 2.08. The van der Waals surface area contributed by atoms with Gasteiger partial charge in [-0.1, -0.05) is 0 Å². The Morgan fingerprint density at radius 2 is 2.13 bits per heavy atom. The minimum absolute atomic E-state index is 0. The maximum Gasteiger partial charge on any atom is 0.272 e. The van der Waals surface area contributed by atoms with E-state index in [0.717, 1.165) is 33.6 Å². The van der Waals surface area contributed by atoms with Crippen molar-refractivity contribution in [2.24, 2.45) is 0 Å². The van der Waals surface area contributed by atoms with E-state index >= 15 is 0 Å². The number of aromatic amines is 1. The van der Waals surface area contributed by atoms with Crippen LogP contribution in [0.2, 0.25) is 0 Å². The van der Waals surface area contributed by atoms with Crippen molar-refractivity contribution >= 4 is 51.4 Å².